The van der Waals surface area contributed by atoms with Crippen LogP contribution in [0.3, 0.4) is 0 Å². The smallest absolute Gasteiger partial charge is 0.0553 e. The first-order valence-corrected chi connectivity index (χ1v) is 5.35. The lowest BCUT2D eigenvalue weighted by molar-refractivity contribution is -0.198. The normalized spacial score (nSPS) is 33.0. The molecule has 2 rings (SSSR count). The molecule has 1 unspecified atom stereocenters. The highest BCUT2D eigenvalue weighted by atomic mass is 16.5. The van der Waals surface area contributed by atoms with Crippen LogP contribution in [-0.2, 0) is 4.74 Å². The highest BCUT2D eigenvalue weighted by molar-refractivity contribution is 5.02. The number of rotatable bonds is 1. The van der Waals surface area contributed by atoms with Gasteiger partial charge in [0.1, 0.15) is 0 Å². The molecule has 2 aliphatic heterocycles. The second kappa shape index (κ2) is 2.96. The van der Waals surface area contributed by atoms with E-state index in [9.17, 15) is 0 Å². The van der Waals surface area contributed by atoms with E-state index in [-0.39, 0.29) is 0 Å². The maximum absolute atomic E-state index is 5.45. The van der Waals surface area contributed by atoms with Gasteiger partial charge in [0.25, 0.3) is 0 Å². The third-order valence-corrected chi connectivity index (χ3v) is 4.05. The molecule has 2 saturated heterocycles. The molecule has 76 valence electrons. The molecule has 0 aromatic carbocycles. The number of hydrogen-bond donors (Lipinski definition) is 1. The Labute approximate surface area is 81.0 Å². The van der Waals surface area contributed by atoms with Crippen molar-refractivity contribution in [1.29, 1.82) is 0 Å². The Morgan fingerprint density at radius 2 is 2.00 bits per heavy atom. The first-order chi connectivity index (χ1) is 6.06. The fraction of sp³-hybridized carbons (Fsp3) is 1.00. The van der Waals surface area contributed by atoms with Crippen molar-refractivity contribution >= 4 is 0 Å². The van der Waals surface area contributed by atoms with Crippen molar-refractivity contribution in [3.05, 3.63) is 0 Å². The van der Waals surface area contributed by atoms with Crippen LogP contribution in [0.2, 0.25) is 0 Å². The van der Waals surface area contributed by atoms with E-state index in [2.05, 4.69) is 26.1 Å². The van der Waals surface area contributed by atoms with Gasteiger partial charge < -0.3 is 10.1 Å². The van der Waals surface area contributed by atoms with Crippen molar-refractivity contribution in [2.75, 3.05) is 26.3 Å². The molecule has 2 nitrogen and oxygen atoms in total. The molecule has 0 spiro atoms. The van der Waals surface area contributed by atoms with Crippen molar-refractivity contribution in [2.24, 2.45) is 16.7 Å². The Bertz CT molecular complexity index is 185. The minimum absolute atomic E-state index is 0.391. The van der Waals surface area contributed by atoms with Gasteiger partial charge in [-0.2, -0.15) is 0 Å². The van der Waals surface area contributed by atoms with Gasteiger partial charge in [-0.15, -0.1) is 0 Å². The highest BCUT2D eigenvalue weighted by Crippen LogP contribution is 2.51. The Balaban J connectivity index is 2.14. The number of nitrogens with one attached hydrogen (secondary N) is 1. The molecular weight excluding hydrogens is 162 g/mol. The molecular formula is C11H21NO. The van der Waals surface area contributed by atoms with Crippen LogP contribution >= 0.6 is 0 Å². The van der Waals surface area contributed by atoms with Gasteiger partial charge >= 0.3 is 0 Å². The molecule has 2 fully saturated rings. The Morgan fingerprint density at radius 3 is 2.31 bits per heavy atom. The average molecular weight is 183 g/mol. The van der Waals surface area contributed by atoms with Gasteiger partial charge in [-0.1, -0.05) is 20.8 Å². The summed E-state index contributed by atoms with van der Waals surface area (Å²) in [6, 6.07) is 0. The minimum atomic E-state index is 0.391. The second-order valence-electron chi connectivity index (χ2n) is 5.59. The summed E-state index contributed by atoms with van der Waals surface area (Å²) >= 11 is 0. The predicted octanol–water partition coefficient (Wildman–Crippen LogP) is 1.66. The van der Waals surface area contributed by atoms with Crippen molar-refractivity contribution in [3.63, 3.8) is 0 Å². The maximum Gasteiger partial charge on any atom is 0.0553 e. The SMILES string of the molecule is CC(C)(C)C1(C2CCNC2)COC1. The van der Waals surface area contributed by atoms with E-state index >= 15 is 0 Å². The zero-order valence-corrected chi connectivity index (χ0v) is 9.02. The van der Waals surface area contributed by atoms with E-state index in [1.807, 2.05) is 0 Å². The minimum Gasteiger partial charge on any atom is -0.380 e. The van der Waals surface area contributed by atoms with Gasteiger partial charge in [-0.3, -0.25) is 0 Å². The third-order valence-electron chi connectivity index (χ3n) is 4.05. The summed E-state index contributed by atoms with van der Waals surface area (Å²) in [5.74, 6) is 0.834. The summed E-state index contributed by atoms with van der Waals surface area (Å²) in [5, 5.41) is 3.46. The highest BCUT2D eigenvalue weighted by Gasteiger charge is 2.53. The summed E-state index contributed by atoms with van der Waals surface area (Å²) in [7, 11) is 0. The molecule has 2 heteroatoms. The van der Waals surface area contributed by atoms with E-state index in [1.165, 1.54) is 19.5 Å². The van der Waals surface area contributed by atoms with Gasteiger partial charge in [0, 0.05) is 5.41 Å². The lowest BCUT2D eigenvalue weighted by Gasteiger charge is -2.54. The van der Waals surface area contributed by atoms with Crippen molar-refractivity contribution in [2.45, 2.75) is 27.2 Å². The Morgan fingerprint density at radius 1 is 1.31 bits per heavy atom. The largest absolute Gasteiger partial charge is 0.380 e. The Kier molecular flexibility index (Phi) is 2.16. The molecule has 1 N–H and O–H groups in total. The van der Waals surface area contributed by atoms with Crippen LogP contribution < -0.4 is 5.32 Å². The monoisotopic (exact) mass is 183 g/mol. The van der Waals surface area contributed by atoms with E-state index in [0.29, 0.717) is 10.8 Å². The molecule has 2 heterocycles. The molecule has 0 aromatic rings. The topological polar surface area (TPSA) is 21.3 Å². The van der Waals surface area contributed by atoms with Crippen LogP contribution in [0.25, 0.3) is 0 Å². The van der Waals surface area contributed by atoms with Gasteiger partial charge in [-0.05, 0) is 30.8 Å². The lowest BCUT2D eigenvalue weighted by Crippen LogP contribution is -2.57. The number of hydrogen-bond acceptors (Lipinski definition) is 2. The molecule has 0 radical (unpaired) electrons. The molecule has 1 atom stereocenters. The second-order valence-corrected chi connectivity index (χ2v) is 5.59. The standard InChI is InChI=1S/C11H21NO/c1-10(2,3)11(7-13-8-11)9-4-5-12-6-9/h9,12H,4-8H2,1-3H3. The first kappa shape index (κ1) is 9.47. The molecule has 0 saturated carbocycles. The van der Waals surface area contributed by atoms with Crippen molar-refractivity contribution < 1.29 is 4.74 Å². The van der Waals surface area contributed by atoms with Crippen LogP contribution in [0.5, 0.6) is 0 Å². The van der Waals surface area contributed by atoms with Crippen LogP contribution in [0.1, 0.15) is 27.2 Å². The van der Waals surface area contributed by atoms with Crippen LogP contribution in [0.15, 0.2) is 0 Å². The van der Waals surface area contributed by atoms with Crippen LogP contribution in [0, 0.1) is 16.7 Å². The van der Waals surface area contributed by atoms with Crippen molar-refractivity contribution in [1.82, 2.24) is 5.32 Å². The molecule has 0 bridgehead atoms. The molecule has 0 amide bonds. The van der Waals surface area contributed by atoms with Crippen LogP contribution in [-0.4, -0.2) is 26.3 Å². The molecule has 0 aliphatic carbocycles. The fourth-order valence-electron chi connectivity index (χ4n) is 2.73. The van der Waals surface area contributed by atoms with Gasteiger partial charge in [0.05, 0.1) is 13.2 Å². The lowest BCUT2D eigenvalue weighted by atomic mass is 9.58. The predicted molar refractivity (Wildman–Crippen MR) is 53.7 cm³/mol. The molecule has 13 heavy (non-hydrogen) atoms. The van der Waals surface area contributed by atoms with E-state index in [4.69, 9.17) is 4.74 Å². The summed E-state index contributed by atoms with van der Waals surface area (Å²) in [6.07, 6.45) is 1.33. The van der Waals surface area contributed by atoms with Gasteiger partial charge in [0.2, 0.25) is 0 Å². The fourth-order valence-corrected chi connectivity index (χ4v) is 2.73. The zero-order chi connectivity index (χ0) is 9.53. The summed E-state index contributed by atoms with van der Waals surface area (Å²) in [6.45, 7) is 11.4. The quantitative estimate of drug-likeness (QED) is 0.667. The van der Waals surface area contributed by atoms with Gasteiger partial charge in [-0.25, -0.2) is 0 Å². The Hall–Kier alpha value is -0.0800. The van der Waals surface area contributed by atoms with E-state index < -0.39 is 0 Å². The summed E-state index contributed by atoms with van der Waals surface area (Å²) in [5.41, 5.74) is 0.846. The zero-order valence-electron chi connectivity index (χ0n) is 9.02. The number of ether oxygens (including phenoxy) is 1. The molecule has 0 aromatic heterocycles. The molecule has 2 aliphatic rings. The van der Waals surface area contributed by atoms with Gasteiger partial charge in [0.15, 0.2) is 0 Å². The van der Waals surface area contributed by atoms with Crippen molar-refractivity contribution in [3.8, 4) is 0 Å². The van der Waals surface area contributed by atoms with E-state index in [1.54, 1.807) is 0 Å². The third kappa shape index (κ3) is 1.31. The average Bonchev–Trinajstić information content (AvgIpc) is 2.32. The maximum atomic E-state index is 5.45. The summed E-state index contributed by atoms with van der Waals surface area (Å²) < 4.78 is 5.45. The van der Waals surface area contributed by atoms with Crippen LogP contribution in [0.4, 0.5) is 0 Å². The van der Waals surface area contributed by atoms with E-state index in [0.717, 1.165) is 19.1 Å². The first-order valence-electron chi connectivity index (χ1n) is 5.35. The summed E-state index contributed by atoms with van der Waals surface area (Å²) in [4.78, 5) is 0.